The average molecular weight is 319 g/mol. The van der Waals surface area contributed by atoms with Crippen LogP contribution in [0.15, 0.2) is 59.5 Å². The summed E-state index contributed by atoms with van der Waals surface area (Å²) in [6.45, 7) is 0. The summed E-state index contributed by atoms with van der Waals surface area (Å²) in [6.07, 6.45) is 4.22. The Bertz CT molecular complexity index is 889. The molecule has 3 heteroatoms. The number of hydrogen-bond donors (Lipinski definition) is 1. The maximum absolute atomic E-state index is 12.5. The minimum Gasteiger partial charge on any atom is -0.321 e. The summed E-state index contributed by atoms with van der Waals surface area (Å²) >= 11 is 1.67. The minimum atomic E-state index is -0.0589. The van der Waals surface area contributed by atoms with Gasteiger partial charge in [-0.2, -0.15) is 0 Å². The lowest BCUT2D eigenvalue weighted by atomic mass is 10.0. The summed E-state index contributed by atoms with van der Waals surface area (Å²) in [5.74, 6) is -0.0589. The second-order valence-electron chi connectivity index (χ2n) is 5.79. The first-order valence-electron chi connectivity index (χ1n) is 7.75. The number of amides is 1. The monoisotopic (exact) mass is 319 g/mol. The Balaban J connectivity index is 1.69. The Labute approximate surface area is 139 Å². The third-order valence-corrected chi connectivity index (χ3v) is 5.22. The summed E-state index contributed by atoms with van der Waals surface area (Å²) in [7, 11) is 0. The van der Waals surface area contributed by atoms with Crippen molar-refractivity contribution < 1.29 is 4.79 Å². The number of hydrogen-bond acceptors (Lipinski definition) is 2. The lowest BCUT2D eigenvalue weighted by Crippen LogP contribution is -2.12. The van der Waals surface area contributed by atoms with Gasteiger partial charge in [0.2, 0.25) is 0 Å². The molecule has 1 aliphatic carbocycles. The van der Waals surface area contributed by atoms with Crippen molar-refractivity contribution in [2.24, 2.45) is 0 Å². The summed E-state index contributed by atoms with van der Waals surface area (Å²) in [5.41, 5.74) is 4.35. The van der Waals surface area contributed by atoms with Gasteiger partial charge in [0.25, 0.3) is 5.91 Å². The SMILES string of the molecule is CSc1ccc(C(=O)Nc2ccc3c4c(cccc24)CC3)cc1. The molecule has 0 radical (unpaired) electrons. The second kappa shape index (κ2) is 5.74. The van der Waals surface area contributed by atoms with Gasteiger partial charge in [-0.3, -0.25) is 4.79 Å². The van der Waals surface area contributed by atoms with Gasteiger partial charge in [0.05, 0.1) is 0 Å². The molecular weight excluding hydrogens is 302 g/mol. The lowest BCUT2D eigenvalue weighted by molar-refractivity contribution is 0.102. The zero-order valence-electron chi connectivity index (χ0n) is 12.9. The van der Waals surface area contributed by atoms with Gasteiger partial charge in [-0.05, 0) is 65.9 Å². The van der Waals surface area contributed by atoms with Crippen LogP contribution in [0, 0.1) is 0 Å². The summed E-state index contributed by atoms with van der Waals surface area (Å²) < 4.78 is 0. The van der Waals surface area contributed by atoms with E-state index in [1.807, 2.05) is 36.6 Å². The van der Waals surface area contributed by atoms with Gasteiger partial charge in [-0.25, -0.2) is 0 Å². The predicted molar refractivity (Wildman–Crippen MR) is 97.5 cm³/mol. The maximum Gasteiger partial charge on any atom is 0.255 e. The number of carbonyl (C=O) groups excluding carboxylic acids is 1. The Hall–Kier alpha value is -2.26. The molecule has 3 aromatic rings. The Morgan fingerprint density at radius 2 is 1.70 bits per heavy atom. The van der Waals surface area contributed by atoms with E-state index in [0.717, 1.165) is 28.8 Å². The van der Waals surface area contributed by atoms with Crippen LogP contribution in [0.2, 0.25) is 0 Å². The standard InChI is InChI=1S/C20H17NOS/c1-23-16-10-7-15(8-11-16)20(22)21-18-12-9-14-6-5-13-3-2-4-17(18)19(13)14/h2-4,7-12H,5-6H2,1H3,(H,21,22). The Morgan fingerprint density at radius 1 is 0.957 bits per heavy atom. The lowest BCUT2D eigenvalue weighted by Gasteiger charge is -2.11. The van der Waals surface area contributed by atoms with E-state index >= 15 is 0 Å². The molecule has 23 heavy (non-hydrogen) atoms. The quantitative estimate of drug-likeness (QED) is 0.695. The molecule has 1 aliphatic rings. The molecule has 1 N–H and O–H groups in total. The molecule has 0 saturated heterocycles. The molecule has 0 atom stereocenters. The van der Waals surface area contributed by atoms with Gasteiger partial charge in [-0.1, -0.05) is 24.3 Å². The molecule has 0 saturated carbocycles. The van der Waals surface area contributed by atoms with E-state index in [1.165, 1.54) is 16.5 Å². The van der Waals surface area contributed by atoms with Crippen LogP contribution in [-0.2, 0) is 12.8 Å². The normalized spacial score (nSPS) is 12.6. The molecule has 114 valence electrons. The zero-order valence-corrected chi connectivity index (χ0v) is 13.7. The fourth-order valence-electron chi connectivity index (χ4n) is 3.29. The van der Waals surface area contributed by atoms with Crippen molar-refractivity contribution in [3.05, 3.63) is 71.3 Å². The maximum atomic E-state index is 12.5. The van der Waals surface area contributed by atoms with Crippen LogP contribution in [0.5, 0.6) is 0 Å². The van der Waals surface area contributed by atoms with Crippen molar-refractivity contribution in [1.82, 2.24) is 0 Å². The molecule has 0 bridgehead atoms. The third-order valence-electron chi connectivity index (χ3n) is 4.48. The van der Waals surface area contributed by atoms with Gasteiger partial charge in [0.15, 0.2) is 0 Å². The van der Waals surface area contributed by atoms with Crippen LogP contribution in [0.4, 0.5) is 5.69 Å². The molecule has 3 aromatic carbocycles. The molecule has 0 spiro atoms. The van der Waals surface area contributed by atoms with E-state index in [4.69, 9.17) is 0 Å². The van der Waals surface area contributed by atoms with Crippen molar-refractivity contribution in [3.8, 4) is 0 Å². The Kier molecular flexibility index (Phi) is 3.58. The van der Waals surface area contributed by atoms with Gasteiger partial charge >= 0.3 is 0 Å². The smallest absolute Gasteiger partial charge is 0.255 e. The van der Waals surface area contributed by atoms with E-state index in [0.29, 0.717) is 5.56 Å². The topological polar surface area (TPSA) is 29.1 Å². The van der Waals surface area contributed by atoms with Crippen LogP contribution in [-0.4, -0.2) is 12.2 Å². The zero-order chi connectivity index (χ0) is 15.8. The highest BCUT2D eigenvalue weighted by molar-refractivity contribution is 7.98. The van der Waals surface area contributed by atoms with Gasteiger partial charge < -0.3 is 5.32 Å². The van der Waals surface area contributed by atoms with E-state index in [2.05, 4.69) is 29.6 Å². The molecule has 4 rings (SSSR count). The van der Waals surface area contributed by atoms with Crippen LogP contribution < -0.4 is 5.32 Å². The number of benzene rings is 3. The van der Waals surface area contributed by atoms with Crippen molar-refractivity contribution >= 4 is 34.1 Å². The number of anilines is 1. The largest absolute Gasteiger partial charge is 0.321 e. The van der Waals surface area contributed by atoms with Crippen molar-refractivity contribution in [3.63, 3.8) is 0 Å². The summed E-state index contributed by atoms with van der Waals surface area (Å²) in [5, 5.41) is 5.54. The fourth-order valence-corrected chi connectivity index (χ4v) is 3.70. The van der Waals surface area contributed by atoms with E-state index < -0.39 is 0 Å². The second-order valence-corrected chi connectivity index (χ2v) is 6.67. The number of aryl methyl sites for hydroxylation is 2. The number of nitrogens with one attached hydrogen (secondary N) is 1. The molecular formula is C20H17NOS. The van der Waals surface area contributed by atoms with Crippen molar-refractivity contribution in [2.45, 2.75) is 17.7 Å². The molecule has 0 unspecified atom stereocenters. The van der Waals surface area contributed by atoms with E-state index in [9.17, 15) is 4.79 Å². The third kappa shape index (κ3) is 2.51. The van der Waals surface area contributed by atoms with Crippen molar-refractivity contribution in [1.29, 1.82) is 0 Å². The first-order chi connectivity index (χ1) is 11.3. The predicted octanol–water partition coefficient (Wildman–Crippen LogP) is 4.91. The highest BCUT2D eigenvalue weighted by Crippen LogP contribution is 2.35. The first-order valence-corrected chi connectivity index (χ1v) is 8.97. The number of thioether (sulfide) groups is 1. The molecule has 0 aliphatic heterocycles. The van der Waals surface area contributed by atoms with Gasteiger partial charge in [0.1, 0.15) is 0 Å². The van der Waals surface area contributed by atoms with Crippen LogP contribution in [0.25, 0.3) is 10.8 Å². The van der Waals surface area contributed by atoms with Gasteiger partial charge in [0, 0.05) is 21.5 Å². The van der Waals surface area contributed by atoms with Crippen molar-refractivity contribution in [2.75, 3.05) is 11.6 Å². The Morgan fingerprint density at radius 3 is 2.43 bits per heavy atom. The fraction of sp³-hybridized carbons (Fsp3) is 0.150. The number of rotatable bonds is 3. The molecule has 1 amide bonds. The van der Waals surface area contributed by atoms with Gasteiger partial charge in [-0.15, -0.1) is 11.8 Å². The van der Waals surface area contributed by atoms with Crippen LogP contribution >= 0.6 is 11.8 Å². The van der Waals surface area contributed by atoms with E-state index in [-0.39, 0.29) is 5.91 Å². The van der Waals surface area contributed by atoms with E-state index in [1.54, 1.807) is 11.8 Å². The average Bonchev–Trinajstić information content (AvgIpc) is 3.02. The summed E-state index contributed by atoms with van der Waals surface area (Å²) in [4.78, 5) is 13.7. The molecule has 0 heterocycles. The summed E-state index contributed by atoms with van der Waals surface area (Å²) in [6, 6.07) is 18.2. The van der Waals surface area contributed by atoms with Crippen LogP contribution in [0.1, 0.15) is 21.5 Å². The first kappa shape index (κ1) is 14.3. The highest BCUT2D eigenvalue weighted by atomic mass is 32.2. The highest BCUT2D eigenvalue weighted by Gasteiger charge is 2.16. The number of carbonyl (C=O) groups is 1. The minimum absolute atomic E-state index is 0.0589. The molecule has 0 aromatic heterocycles. The van der Waals surface area contributed by atoms with Crippen LogP contribution in [0.3, 0.4) is 0 Å². The molecule has 2 nitrogen and oxygen atoms in total. The molecule has 0 fully saturated rings.